The number of nitrogens with zero attached hydrogens (tertiary/aromatic N) is 3. The predicted molar refractivity (Wildman–Crippen MR) is 69.7 cm³/mol. The second-order valence-corrected chi connectivity index (χ2v) is 5.78. The first-order valence-electron chi connectivity index (χ1n) is 5.41. The van der Waals surface area contributed by atoms with Crippen LogP contribution < -0.4 is 5.32 Å². The van der Waals surface area contributed by atoms with Crippen LogP contribution in [0.3, 0.4) is 0 Å². The summed E-state index contributed by atoms with van der Waals surface area (Å²) >= 11 is 6.58. The second-order valence-electron chi connectivity index (χ2n) is 4.22. The van der Waals surface area contributed by atoms with E-state index in [-0.39, 0.29) is 27.8 Å². The Kier molecular flexibility index (Phi) is 5.49. The molecule has 0 bridgehead atoms. The molecule has 2 amide bonds. The summed E-state index contributed by atoms with van der Waals surface area (Å²) in [6.07, 6.45) is 0. The van der Waals surface area contributed by atoms with Gasteiger partial charge in [0, 0.05) is 13.6 Å². The maximum absolute atomic E-state index is 11.8. The van der Waals surface area contributed by atoms with Gasteiger partial charge in [-0.1, -0.05) is 25.2 Å². The van der Waals surface area contributed by atoms with E-state index in [2.05, 4.69) is 15.5 Å². The number of halogens is 1. The monoisotopic (exact) mass is 290 g/mol. The van der Waals surface area contributed by atoms with E-state index >= 15 is 0 Å². The van der Waals surface area contributed by atoms with Crippen molar-refractivity contribution in [1.82, 2.24) is 20.4 Å². The molecule has 1 aromatic rings. The first-order chi connectivity index (χ1) is 8.40. The summed E-state index contributed by atoms with van der Waals surface area (Å²) in [7, 11) is 1.53. The molecule has 1 rings (SSSR count). The second kappa shape index (κ2) is 6.65. The average Bonchev–Trinajstić information content (AvgIpc) is 2.72. The van der Waals surface area contributed by atoms with Crippen LogP contribution in [0.1, 0.15) is 23.6 Å². The summed E-state index contributed by atoms with van der Waals surface area (Å²) in [4.78, 5) is 24.6. The maximum atomic E-state index is 11.8. The molecular weight excluding hydrogens is 276 g/mol. The van der Waals surface area contributed by atoms with Gasteiger partial charge in [-0.15, -0.1) is 10.2 Å². The van der Waals surface area contributed by atoms with Crippen molar-refractivity contribution in [3.05, 3.63) is 9.47 Å². The lowest BCUT2D eigenvalue weighted by Crippen LogP contribution is -2.39. The lowest BCUT2D eigenvalue weighted by molar-refractivity contribution is -0.121. The molecule has 0 saturated carbocycles. The standard InChI is InChI=1S/C10H15ClN4O2S/c1-6(2)4-12-7(16)5-15(3)9(17)8-13-14-10(11)18-8/h6H,4-5H2,1-3H3,(H,12,16). The predicted octanol–water partition coefficient (Wildman–Crippen LogP) is 1.04. The van der Waals surface area contributed by atoms with Gasteiger partial charge in [0.1, 0.15) is 0 Å². The van der Waals surface area contributed by atoms with Gasteiger partial charge in [-0.05, 0) is 17.5 Å². The molecule has 100 valence electrons. The number of amides is 2. The van der Waals surface area contributed by atoms with Gasteiger partial charge >= 0.3 is 0 Å². The van der Waals surface area contributed by atoms with Gasteiger partial charge in [-0.2, -0.15) is 0 Å². The van der Waals surface area contributed by atoms with Gasteiger partial charge in [0.05, 0.1) is 6.54 Å². The maximum Gasteiger partial charge on any atom is 0.285 e. The van der Waals surface area contributed by atoms with Crippen LogP contribution in [0.2, 0.25) is 4.47 Å². The van der Waals surface area contributed by atoms with Crippen LogP contribution in [-0.2, 0) is 4.79 Å². The van der Waals surface area contributed by atoms with Crippen LogP contribution in [0.15, 0.2) is 0 Å². The smallest absolute Gasteiger partial charge is 0.285 e. The largest absolute Gasteiger partial charge is 0.354 e. The van der Waals surface area contributed by atoms with Crippen LogP contribution in [0.25, 0.3) is 0 Å². The molecule has 1 aromatic heterocycles. The number of likely N-dealkylation sites (N-methyl/N-ethyl adjacent to an activating group) is 1. The van der Waals surface area contributed by atoms with Gasteiger partial charge in [-0.3, -0.25) is 9.59 Å². The summed E-state index contributed by atoms with van der Waals surface area (Å²) < 4.78 is 0.205. The van der Waals surface area contributed by atoms with Crippen molar-refractivity contribution in [3.8, 4) is 0 Å². The Morgan fingerprint density at radius 2 is 2.11 bits per heavy atom. The van der Waals surface area contributed by atoms with Crippen molar-refractivity contribution in [2.45, 2.75) is 13.8 Å². The van der Waals surface area contributed by atoms with Gasteiger partial charge in [0.25, 0.3) is 5.91 Å². The molecule has 0 atom stereocenters. The van der Waals surface area contributed by atoms with Gasteiger partial charge < -0.3 is 10.2 Å². The normalized spacial score (nSPS) is 10.5. The summed E-state index contributed by atoms with van der Waals surface area (Å²) in [5, 5.41) is 10.1. The number of carbonyl (C=O) groups excluding carboxylic acids is 2. The first-order valence-corrected chi connectivity index (χ1v) is 6.60. The van der Waals surface area contributed by atoms with E-state index in [0.29, 0.717) is 12.5 Å². The Morgan fingerprint density at radius 1 is 1.44 bits per heavy atom. The number of nitrogens with one attached hydrogen (secondary N) is 1. The van der Waals surface area contributed by atoms with E-state index in [4.69, 9.17) is 11.6 Å². The minimum absolute atomic E-state index is 0.0112. The zero-order valence-corrected chi connectivity index (χ0v) is 12.0. The molecule has 0 saturated heterocycles. The van der Waals surface area contributed by atoms with E-state index in [1.54, 1.807) is 0 Å². The Hall–Kier alpha value is -1.21. The molecule has 0 spiro atoms. The molecule has 0 aliphatic carbocycles. The molecule has 0 aliphatic rings. The molecule has 8 heteroatoms. The number of hydrogen-bond donors (Lipinski definition) is 1. The highest BCUT2D eigenvalue weighted by Gasteiger charge is 2.18. The Balaban J connectivity index is 2.47. The topological polar surface area (TPSA) is 75.2 Å². The van der Waals surface area contributed by atoms with Crippen LogP contribution in [0, 0.1) is 5.92 Å². The minimum Gasteiger partial charge on any atom is -0.354 e. The Bertz CT molecular complexity index is 435. The zero-order valence-electron chi connectivity index (χ0n) is 10.4. The Morgan fingerprint density at radius 3 is 2.61 bits per heavy atom. The molecule has 0 aromatic carbocycles. The van der Waals surface area contributed by atoms with Crippen molar-refractivity contribution in [3.63, 3.8) is 0 Å². The fourth-order valence-electron chi connectivity index (χ4n) is 1.12. The highest BCUT2D eigenvalue weighted by atomic mass is 35.5. The molecule has 0 aliphatic heterocycles. The third kappa shape index (κ3) is 4.58. The number of aromatic nitrogens is 2. The molecule has 1 heterocycles. The Labute approximate surface area is 114 Å². The van der Waals surface area contributed by atoms with Crippen LogP contribution >= 0.6 is 22.9 Å². The lowest BCUT2D eigenvalue weighted by Gasteiger charge is -2.15. The van der Waals surface area contributed by atoms with Crippen molar-refractivity contribution >= 4 is 34.8 Å². The number of hydrogen-bond acceptors (Lipinski definition) is 5. The number of carbonyl (C=O) groups is 2. The van der Waals surface area contributed by atoms with Crippen molar-refractivity contribution < 1.29 is 9.59 Å². The molecule has 0 fully saturated rings. The van der Waals surface area contributed by atoms with Crippen molar-refractivity contribution in [2.75, 3.05) is 20.1 Å². The summed E-state index contributed by atoms with van der Waals surface area (Å²) in [5.41, 5.74) is 0. The lowest BCUT2D eigenvalue weighted by atomic mass is 10.2. The van der Waals surface area contributed by atoms with Crippen LogP contribution in [0.4, 0.5) is 0 Å². The molecule has 0 radical (unpaired) electrons. The summed E-state index contributed by atoms with van der Waals surface area (Å²) in [6.45, 7) is 4.57. The van der Waals surface area contributed by atoms with E-state index < -0.39 is 0 Å². The van der Waals surface area contributed by atoms with E-state index in [1.807, 2.05) is 13.8 Å². The third-order valence-electron chi connectivity index (χ3n) is 2.02. The van der Waals surface area contributed by atoms with Gasteiger partial charge in [-0.25, -0.2) is 0 Å². The zero-order chi connectivity index (χ0) is 13.7. The van der Waals surface area contributed by atoms with Crippen molar-refractivity contribution in [2.24, 2.45) is 5.92 Å². The molecule has 6 nitrogen and oxygen atoms in total. The quantitative estimate of drug-likeness (QED) is 0.879. The minimum atomic E-state index is -0.362. The summed E-state index contributed by atoms with van der Waals surface area (Å²) in [5.74, 6) is -0.189. The highest BCUT2D eigenvalue weighted by molar-refractivity contribution is 7.17. The average molecular weight is 291 g/mol. The summed E-state index contributed by atoms with van der Waals surface area (Å²) in [6, 6.07) is 0. The molecule has 0 unspecified atom stereocenters. The van der Waals surface area contributed by atoms with Gasteiger partial charge in [0.2, 0.25) is 15.4 Å². The van der Waals surface area contributed by atoms with Gasteiger partial charge in [0.15, 0.2) is 0 Å². The van der Waals surface area contributed by atoms with Crippen LogP contribution in [-0.4, -0.2) is 47.0 Å². The number of rotatable bonds is 5. The van der Waals surface area contributed by atoms with Crippen molar-refractivity contribution in [1.29, 1.82) is 0 Å². The third-order valence-corrected chi connectivity index (χ3v) is 3.03. The molecule has 1 N–H and O–H groups in total. The SMILES string of the molecule is CC(C)CNC(=O)CN(C)C(=O)c1nnc(Cl)s1. The van der Waals surface area contributed by atoms with E-state index in [0.717, 1.165) is 11.3 Å². The van der Waals surface area contributed by atoms with E-state index in [9.17, 15) is 9.59 Å². The molecule has 18 heavy (non-hydrogen) atoms. The van der Waals surface area contributed by atoms with E-state index in [1.165, 1.54) is 11.9 Å². The highest BCUT2D eigenvalue weighted by Crippen LogP contribution is 2.15. The fraction of sp³-hybridized carbons (Fsp3) is 0.600. The first kappa shape index (κ1) is 14.8. The fourth-order valence-corrected chi connectivity index (χ4v) is 1.94. The van der Waals surface area contributed by atoms with Crippen LogP contribution in [0.5, 0.6) is 0 Å². The molecular formula is C10H15ClN4O2S.